The van der Waals surface area contributed by atoms with E-state index in [1.165, 1.54) is 9.78 Å². The van der Waals surface area contributed by atoms with Gasteiger partial charge in [-0.1, -0.05) is 20.3 Å². The number of unbranched alkanes of at least 4 members (excludes halogenated alkanes) is 1. The fourth-order valence-corrected chi connectivity index (χ4v) is 4.68. The molecule has 6 heteroatoms. The van der Waals surface area contributed by atoms with E-state index in [-0.39, 0.29) is 11.9 Å². The van der Waals surface area contributed by atoms with Crippen LogP contribution < -0.4 is 10.2 Å². The molecule has 0 spiro atoms. The molecule has 0 bridgehead atoms. The van der Waals surface area contributed by atoms with E-state index in [0.29, 0.717) is 29.6 Å². The Kier molecular flexibility index (Phi) is 7.44. The number of amides is 1. The summed E-state index contributed by atoms with van der Waals surface area (Å²) in [5, 5.41) is 3.66. The minimum atomic E-state index is -0.309. The highest BCUT2D eigenvalue weighted by Crippen LogP contribution is 2.40. The van der Waals surface area contributed by atoms with Crippen molar-refractivity contribution < 1.29 is 19.2 Å². The Hall–Kier alpha value is -1.40. The molecule has 2 N–H and O–H groups in total. The third kappa shape index (κ3) is 5.28. The summed E-state index contributed by atoms with van der Waals surface area (Å²) in [6, 6.07) is 0. The maximum absolute atomic E-state index is 12.5. The van der Waals surface area contributed by atoms with Gasteiger partial charge in [0.15, 0.2) is 6.54 Å². The van der Waals surface area contributed by atoms with E-state index in [9.17, 15) is 9.59 Å². The van der Waals surface area contributed by atoms with Crippen LogP contribution in [0.15, 0.2) is 0 Å². The molecule has 0 aliphatic heterocycles. The molecule has 1 heterocycles. The molecular weight excluding hydrogens is 336 g/mol. The van der Waals surface area contributed by atoms with Gasteiger partial charge in [-0.25, -0.2) is 4.79 Å². The lowest BCUT2D eigenvalue weighted by atomic mass is 9.88. The van der Waals surface area contributed by atoms with E-state index in [1.54, 1.807) is 11.3 Å². The van der Waals surface area contributed by atoms with Gasteiger partial charge in [-0.3, -0.25) is 4.79 Å². The summed E-state index contributed by atoms with van der Waals surface area (Å²) >= 11 is 1.55. The Bertz CT molecular complexity index is 612. The Balaban J connectivity index is 2.16. The number of anilines is 1. The summed E-state index contributed by atoms with van der Waals surface area (Å²) in [6.07, 6.45) is 5.18. The van der Waals surface area contributed by atoms with Crippen molar-refractivity contribution in [2.45, 2.75) is 52.9 Å². The molecule has 0 radical (unpaired) electrons. The number of ether oxygens (including phenoxy) is 1. The van der Waals surface area contributed by atoms with Crippen molar-refractivity contribution in [2.75, 3.05) is 32.1 Å². The highest BCUT2D eigenvalue weighted by atomic mass is 32.1. The largest absolute Gasteiger partial charge is 0.462 e. The number of fused-ring (bicyclic) bond motifs is 1. The van der Waals surface area contributed by atoms with Crippen molar-refractivity contribution >= 4 is 28.2 Å². The molecule has 1 aliphatic rings. The third-order valence-corrected chi connectivity index (χ3v) is 5.83. The fraction of sp³-hybridized carbons (Fsp3) is 0.684. The molecule has 1 aromatic heterocycles. The summed E-state index contributed by atoms with van der Waals surface area (Å²) < 4.78 is 5.25. The number of nitrogens with one attached hydrogen (secondary N) is 2. The number of esters is 1. The Morgan fingerprint density at radius 2 is 2.12 bits per heavy atom. The molecule has 0 aromatic carbocycles. The van der Waals surface area contributed by atoms with Gasteiger partial charge in [0.1, 0.15) is 5.00 Å². The van der Waals surface area contributed by atoms with Gasteiger partial charge >= 0.3 is 5.97 Å². The zero-order valence-corrected chi connectivity index (χ0v) is 16.7. The van der Waals surface area contributed by atoms with Crippen LogP contribution in [-0.4, -0.2) is 38.6 Å². The Labute approximate surface area is 154 Å². The van der Waals surface area contributed by atoms with Crippen LogP contribution in [0.1, 0.15) is 60.8 Å². The maximum atomic E-state index is 12.5. The summed E-state index contributed by atoms with van der Waals surface area (Å²) in [7, 11) is 2.03. The van der Waals surface area contributed by atoms with Crippen molar-refractivity contribution in [3.05, 3.63) is 16.0 Å². The van der Waals surface area contributed by atoms with Crippen LogP contribution in [0.5, 0.6) is 0 Å². The topological polar surface area (TPSA) is 59.8 Å². The highest BCUT2D eigenvalue weighted by Gasteiger charge is 2.29. The second-order valence-corrected chi connectivity index (χ2v) is 8.17. The lowest BCUT2D eigenvalue weighted by molar-refractivity contribution is -0.871. The lowest BCUT2D eigenvalue weighted by Crippen LogP contribution is -3.10. The molecule has 5 nitrogen and oxygen atoms in total. The molecule has 0 saturated carbocycles. The number of thiophene rings is 1. The van der Waals surface area contributed by atoms with E-state index < -0.39 is 0 Å². The number of quaternary nitrogens is 1. The molecular formula is C19H31N2O3S+. The van der Waals surface area contributed by atoms with Crippen LogP contribution in [0.3, 0.4) is 0 Å². The fourth-order valence-electron chi connectivity index (χ4n) is 3.27. The highest BCUT2D eigenvalue weighted by molar-refractivity contribution is 7.17. The summed E-state index contributed by atoms with van der Waals surface area (Å²) in [5.74, 6) is 0.275. The first kappa shape index (κ1) is 19.9. The predicted octanol–water partition coefficient (Wildman–Crippen LogP) is 2.30. The molecule has 2 atom stereocenters. The van der Waals surface area contributed by atoms with Gasteiger partial charge in [0.25, 0.3) is 5.91 Å². The van der Waals surface area contributed by atoms with Crippen LogP contribution in [0.2, 0.25) is 0 Å². The number of likely N-dealkylation sites (N-methyl/N-ethyl adjacent to an activating group) is 1. The zero-order chi connectivity index (χ0) is 18.4. The quantitative estimate of drug-likeness (QED) is 0.693. The van der Waals surface area contributed by atoms with Gasteiger partial charge in [-0.2, -0.15) is 0 Å². The lowest BCUT2D eigenvalue weighted by Gasteiger charge is -2.18. The molecule has 25 heavy (non-hydrogen) atoms. The van der Waals surface area contributed by atoms with Gasteiger partial charge in [-0.05, 0) is 44.1 Å². The average Bonchev–Trinajstić information content (AvgIpc) is 2.89. The SMILES string of the molecule is CCCC[NH+](C)CC(=O)Nc1sc2c(c1C(=O)OCC)CCC(C)C2. The number of rotatable bonds is 8. The van der Waals surface area contributed by atoms with Crippen molar-refractivity contribution in [3.8, 4) is 0 Å². The summed E-state index contributed by atoms with van der Waals surface area (Å²) in [4.78, 5) is 27.3. The Morgan fingerprint density at radius 3 is 2.80 bits per heavy atom. The second-order valence-electron chi connectivity index (χ2n) is 7.06. The van der Waals surface area contributed by atoms with Crippen LogP contribution in [0.25, 0.3) is 0 Å². The standard InChI is InChI=1S/C19H30N2O3S/c1-5-7-10-21(4)12-16(22)20-18-17(19(23)24-6-2)14-9-8-13(3)11-15(14)25-18/h13H,5-12H2,1-4H3,(H,20,22)/p+1. The van der Waals surface area contributed by atoms with Gasteiger partial charge < -0.3 is 15.0 Å². The normalized spacial score (nSPS) is 17.7. The molecule has 0 fully saturated rings. The van der Waals surface area contributed by atoms with Gasteiger partial charge in [-0.15, -0.1) is 11.3 Å². The Morgan fingerprint density at radius 1 is 1.36 bits per heavy atom. The second kappa shape index (κ2) is 9.34. The molecule has 1 amide bonds. The first-order valence-corrected chi connectivity index (χ1v) is 10.2. The third-order valence-electron chi connectivity index (χ3n) is 4.66. The van der Waals surface area contributed by atoms with Crippen molar-refractivity contribution in [1.82, 2.24) is 0 Å². The van der Waals surface area contributed by atoms with Crippen molar-refractivity contribution in [3.63, 3.8) is 0 Å². The van der Waals surface area contributed by atoms with E-state index in [2.05, 4.69) is 19.2 Å². The minimum Gasteiger partial charge on any atom is -0.462 e. The molecule has 0 saturated heterocycles. The molecule has 2 unspecified atom stereocenters. The average molecular weight is 368 g/mol. The number of hydrogen-bond acceptors (Lipinski definition) is 4. The molecule has 2 rings (SSSR count). The van der Waals surface area contributed by atoms with Crippen LogP contribution in [0.4, 0.5) is 5.00 Å². The molecule has 1 aliphatic carbocycles. The zero-order valence-electron chi connectivity index (χ0n) is 15.9. The van der Waals surface area contributed by atoms with Gasteiger partial charge in [0.2, 0.25) is 0 Å². The summed E-state index contributed by atoms with van der Waals surface area (Å²) in [6.45, 7) is 7.93. The summed E-state index contributed by atoms with van der Waals surface area (Å²) in [5.41, 5.74) is 1.68. The number of carbonyl (C=O) groups excluding carboxylic acids is 2. The van der Waals surface area contributed by atoms with Crippen molar-refractivity contribution in [1.29, 1.82) is 0 Å². The first-order valence-electron chi connectivity index (χ1n) is 9.39. The van der Waals surface area contributed by atoms with E-state index in [1.807, 2.05) is 14.0 Å². The number of hydrogen-bond donors (Lipinski definition) is 2. The van der Waals surface area contributed by atoms with Crippen LogP contribution >= 0.6 is 11.3 Å². The maximum Gasteiger partial charge on any atom is 0.341 e. The number of carbonyl (C=O) groups is 2. The monoisotopic (exact) mass is 367 g/mol. The molecule has 1 aromatic rings. The van der Waals surface area contributed by atoms with E-state index in [4.69, 9.17) is 4.74 Å². The van der Waals surface area contributed by atoms with Crippen LogP contribution in [0, 0.1) is 5.92 Å². The van der Waals surface area contributed by atoms with E-state index in [0.717, 1.165) is 44.2 Å². The van der Waals surface area contributed by atoms with Gasteiger partial charge in [0, 0.05) is 4.88 Å². The van der Waals surface area contributed by atoms with Crippen molar-refractivity contribution in [2.24, 2.45) is 5.92 Å². The predicted molar refractivity (Wildman–Crippen MR) is 102 cm³/mol. The first-order chi connectivity index (χ1) is 12.0. The molecule has 140 valence electrons. The van der Waals surface area contributed by atoms with Crippen LogP contribution in [-0.2, 0) is 22.4 Å². The van der Waals surface area contributed by atoms with E-state index >= 15 is 0 Å². The smallest absolute Gasteiger partial charge is 0.341 e. The van der Waals surface area contributed by atoms with Gasteiger partial charge in [0.05, 0.1) is 25.8 Å². The minimum absolute atomic E-state index is 0.0363.